The van der Waals surface area contributed by atoms with Crippen LogP contribution in [-0.4, -0.2) is 26.0 Å². The van der Waals surface area contributed by atoms with E-state index in [1.807, 2.05) is 13.8 Å². The molecule has 8 heteroatoms. The Balaban J connectivity index is 2.22. The van der Waals surface area contributed by atoms with Gasteiger partial charge in [-0.3, -0.25) is 4.72 Å². The van der Waals surface area contributed by atoms with Crippen molar-refractivity contribution < 1.29 is 17.9 Å². The minimum absolute atomic E-state index is 0.0876. The summed E-state index contributed by atoms with van der Waals surface area (Å²) in [5, 5.41) is 1.58. The first-order valence-corrected chi connectivity index (χ1v) is 8.92. The number of aromatic nitrogens is 1. The molecule has 118 valence electrons. The lowest BCUT2D eigenvalue weighted by molar-refractivity contribution is 0.0520. The molecular formula is C14H16N2O4S2. The summed E-state index contributed by atoms with van der Waals surface area (Å²) in [6, 6.07) is 4.87. The number of carbonyl (C=O) groups excluding carboxylic acids is 1. The highest BCUT2D eigenvalue weighted by atomic mass is 32.2. The molecule has 0 aliphatic heterocycles. The molecule has 22 heavy (non-hydrogen) atoms. The zero-order chi connectivity index (χ0) is 16.3. The predicted molar refractivity (Wildman–Crippen MR) is 84.8 cm³/mol. The lowest BCUT2D eigenvalue weighted by Gasteiger charge is -2.07. The summed E-state index contributed by atoms with van der Waals surface area (Å²) < 4.78 is 31.8. The average molecular weight is 340 g/mol. The Morgan fingerprint density at radius 2 is 2.05 bits per heavy atom. The number of sulfonamides is 1. The van der Waals surface area contributed by atoms with Crippen LogP contribution in [0.5, 0.6) is 0 Å². The second kappa shape index (κ2) is 6.45. The Labute approximate surface area is 133 Å². The van der Waals surface area contributed by atoms with Crippen molar-refractivity contribution in [3.05, 3.63) is 40.4 Å². The Bertz CT molecular complexity index is 797. The number of esters is 1. The Morgan fingerprint density at radius 1 is 1.32 bits per heavy atom. The van der Waals surface area contributed by atoms with Gasteiger partial charge in [-0.15, -0.1) is 11.3 Å². The van der Waals surface area contributed by atoms with Crippen molar-refractivity contribution in [1.82, 2.24) is 4.98 Å². The van der Waals surface area contributed by atoms with E-state index >= 15 is 0 Å². The van der Waals surface area contributed by atoms with Crippen molar-refractivity contribution in [3.8, 4) is 0 Å². The first-order chi connectivity index (χ1) is 10.3. The van der Waals surface area contributed by atoms with Crippen molar-refractivity contribution in [2.45, 2.75) is 25.7 Å². The van der Waals surface area contributed by atoms with Crippen LogP contribution in [0.25, 0.3) is 0 Å². The van der Waals surface area contributed by atoms with E-state index in [9.17, 15) is 13.2 Å². The molecule has 0 radical (unpaired) electrons. The zero-order valence-electron chi connectivity index (χ0n) is 12.4. The number of rotatable bonds is 5. The summed E-state index contributed by atoms with van der Waals surface area (Å²) in [6.07, 6.45) is 0. The molecule has 1 N–H and O–H groups in total. The molecule has 0 saturated heterocycles. The standard InChI is InChI=1S/C14H16N2O4S2/c1-4-20-13(17)12-8-21-14(15-12)16-22(18,19)11-6-5-9(2)10(3)7-11/h5-8H,4H2,1-3H3,(H,15,16). The van der Waals surface area contributed by atoms with Gasteiger partial charge in [0.1, 0.15) is 0 Å². The summed E-state index contributed by atoms with van der Waals surface area (Å²) in [5.74, 6) is -0.574. The van der Waals surface area contributed by atoms with Gasteiger partial charge in [-0.05, 0) is 44.0 Å². The molecule has 0 spiro atoms. The van der Waals surface area contributed by atoms with E-state index in [1.165, 1.54) is 11.4 Å². The topological polar surface area (TPSA) is 85.4 Å². The number of hydrogen-bond acceptors (Lipinski definition) is 6. The van der Waals surface area contributed by atoms with Crippen LogP contribution < -0.4 is 4.72 Å². The highest BCUT2D eigenvalue weighted by molar-refractivity contribution is 7.93. The largest absolute Gasteiger partial charge is 0.461 e. The summed E-state index contributed by atoms with van der Waals surface area (Å²) in [6.45, 7) is 5.68. The van der Waals surface area contributed by atoms with Gasteiger partial charge in [0, 0.05) is 5.38 Å². The van der Waals surface area contributed by atoms with Gasteiger partial charge in [0.25, 0.3) is 10.0 Å². The molecule has 0 unspecified atom stereocenters. The van der Waals surface area contributed by atoms with Gasteiger partial charge >= 0.3 is 5.97 Å². The molecule has 0 fully saturated rings. The normalized spacial score (nSPS) is 11.2. The third kappa shape index (κ3) is 3.63. The summed E-state index contributed by atoms with van der Waals surface area (Å²) in [4.78, 5) is 15.6. The predicted octanol–water partition coefficient (Wildman–Crippen LogP) is 2.74. The van der Waals surface area contributed by atoms with Gasteiger partial charge in [-0.1, -0.05) is 6.07 Å². The Morgan fingerprint density at radius 3 is 2.68 bits per heavy atom. The van der Waals surface area contributed by atoms with E-state index in [4.69, 9.17) is 4.74 Å². The fourth-order valence-electron chi connectivity index (χ4n) is 1.67. The second-order valence-electron chi connectivity index (χ2n) is 4.61. The summed E-state index contributed by atoms with van der Waals surface area (Å²) >= 11 is 1.03. The van der Waals surface area contributed by atoms with Crippen LogP contribution in [0.4, 0.5) is 5.13 Å². The zero-order valence-corrected chi connectivity index (χ0v) is 14.0. The van der Waals surface area contributed by atoms with Crippen LogP contribution in [0, 0.1) is 13.8 Å². The van der Waals surface area contributed by atoms with Gasteiger partial charge in [0.15, 0.2) is 10.8 Å². The molecular weight excluding hydrogens is 324 g/mol. The van der Waals surface area contributed by atoms with E-state index in [1.54, 1.807) is 19.1 Å². The molecule has 0 aliphatic rings. The fourth-order valence-corrected chi connectivity index (χ4v) is 3.69. The Hall–Kier alpha value is -1.93. The third-order valence-electron chi connectivity index (χ3n) is 3.00. The van der Waals surface area contributed by atoms with E-state index in [-0.39, 0.29) is 22.3 Å². The molecule has 0 bridgehead atoms. The van der Waals surface area contributed by atoms with Gasteiger partial charge < -0.3 is 4.74 Å². The molecule has 1 heterocycles. The molecule has 0 aliphatic carbocycles. The number of carbonyl (C=O) groups is 1. The fraction of sp³-hybridized carbons (Fsp3) is 0.286. The van der Waals surface area contributed by atoms with E-state index in [0.29, 0.717) is 0 Å². The number of hydrogen-bond donors (Lipinski definition) is 1. The van der Waals surface area contributed by atoms with Crippen LogP contribution >= 0.6 is 11.3 Å². The maximum absolute atomic E-state index is 12.3. The number of benzene rings is 1. The van der Waals surface area contributed by atoms with E-state index in [0.717, 1.165) is 22.5 Å². The maximum atomic E-state index is 12.3. The lowest BCUT2D eigenvalue weighted by Crippen LogP contribution is -2.13. The number of nitrogens with zero attached hydrogens (tertiary/aromatic N) is 1. The molecule has 1 aromatic heterocycles. The lowest BCUT2D eigenvalue weighted by atomic mass is 10.1. The van der Waals surface area contributed by atoms with Crippen LogP contribution in [0.15, 0.2) is 28.5 Å². The van der Waals surface area contributed by atoms with E-state index in [2.05, 4.69) is 9.71 Å². The second-order valence-corrected chi connectivity index (χ2v) is 7.15. The van der Waals surface area contributed by atoms with Crippen LogP contribution in [0.1, 0.15) is 28.5 Å². The smallest absolute Gasteiger partial charge is 0.357 e. The minimum Gasteiger partial charge on any atom is -0.461 e. The van der Waals surface area contributed by atoms with Crippen molar-refractivity contribution in [3.63, 3.8) is 0 Å². The van der Waals surface area contributed by atoms with Crippen molar-refractivity contribution in [1.29, 1.82) is 0 Å². The van der Waals surface area contributed by atoms with Crippen molar-refractivity contribution in [2.24, 2.45) is 0 Å². The van der Waals surface area contributed by atoms with Crippen LogP contribution in [0.3, 0.4) is 0 Å². The molecule has 0 atom stereocenters. The first-order valence-electron chi connectivity index (χ1n) is 6.56. The van der Waals surface area contributed by atoms with Gasteiger partial charge in [-0.25, -0.2) is 18.2 Å². The molecule has 6 nitrogen and oxygen atoms in total. The highest BCUT2D eigenvalue weighted by Gasteiger charge is 2.18. The quantitative estimate of drug-likeness (QED) is 0.846. The monoisotopic (exact) mass is 340 g/mol. The number of thiazole rings is 1. The minimum atomic E-state index is -3.73. The molecule has 2 rings (SSSR count). The van der Waals surface area contributed by atoms with Crippen molar-refractivity contribution >= 4 is 32.5 Å². The molecule has 0 amide bonds. The van der Waals surface area contributed by atoms with Crippen LogP contribution in [0.2, 0.25) is 0 Å². The van der Waals surface area contributed by atoms with Gasteiger partial charge in [0.05, 0.1) is 11.5 Å². The molecule has 1 aromatic carbocycles. The number of nitrogens with one attached hydrogen (secondary N) is 1. The first kappa shape index (κ1) is 16.4. The van der Waals surface area contributed by atoms with Crippen molar-refractivity contribution in [2.75, 3.05) is 11.3 Å². The Kier molecular flexibility index (Phi) is 4.82. The van der Waals surface area contributed by atoms with Crippen LogP contribution in [-0.2, 0) is 14.8 Å². The molecule has 0 saturated carbocycles. The SMILES string of the molecule is CCOC(=O)c1csc(NS(=O)(=O)c2ccc(C)c(C)c2)n1. The van der Waals surface area contributed by atoms with E-state index < -0.39 is 16.0 Å². The molecule has 2 aromatic rings. The number of aryl methyl sites for hydroxylation is 2. The third-order valence-corrected chi connectivity index (χ3v) is 5.22. The summed E-state index contributed by atoms with van der Waals surface area (Å²) in [5.41, 5.74) is 1.98. The summed E-state index contributed by atoms with van der Waals surface area (Å²) in [7, 11) is -3.73. The van der Waals surface area contributed by atoms with Gasteiger partial charge in [0.2, 0.25) is 0 Å². The highest BCUT2D eigenvalue weighted by Crippen LogP contribution is 2.22. The number of ether oxygens (including phenoxy) is 1. The number of anilines is 1. The maximum Gasteiger partial charge on any atom is 0.357 e. The average Bonchev–Trinajstić information content (AvgIpc) is 2.90. The van der Waals surface area contributed by atoms with Gasteiger partial charge in [-0.2, -0.15) is 0 Å².